The predicted octanol–water partition coefficient (Wildman–Crippen LogP) is 7.15. The average Bonchev–Trinajstić information content (AvgIpc) is 2.75. The normalized spacial score (nSPS) is 12.0. The Hall–Kier alpha value is -1.10. The number of methoxy groups -OCH3 is 1. The van der Waals surface area contributed by atoms with Gasteiger partial charge >= 0.3 is 11.9 Å². The highest BCUT2D eigenvalue weighted by Crippen LogP contribution is 2.15. The van der Waals surface area contributed by atoms with Crippen LogP contribution in [0.2, 0.25) is 0 Å². The third-order valence-electron chi connectivity index (χ3n) is 5.58. The number of ether oxygens (including phenoxy) is 3. The minimum atomic E-state index is -0.202. The van der Waals surface area contributed by atoms with Gasteiger partial charge in [-0.2, -0.15) is 0 Å². The number of rotatable bonds is 23. The van der Waals surface area contributed by atoms with E-state index in [0.29, 0.717) is 19.6 Å². The van der Waals surface area contributed by atoms with Crippen molar-refractivity contribution in [1.29, 1.82) is 0 Å². The summed E-state index contributed by atoms with van der Waals surface area (Å²) >= 11 is 0. The molecule has 0 fully saturated rings. The van der Waals surface area contributed by atoms with Gasteiger partial charge in [0.05, 0.1) is 6.61 Å². The Morgan fingerprint density at radius 2 is 1.16 bits per heavy atom. The molecule has 5 nitrogen and oxygen atoms in total. The number of carbonyl (C=O) groups excluding carboxylic acids is 2. The quantitative estimate of drug-likeness (QED) is 0.124. The van der Waals surface area contributed by atoms with Crippen molar-refractivity contribution < 1.29 is 23.8 Å². The third kappa shape index (κ3) is 21.9. The first-order chi connectivity index (χ1) is 15.1. The maximum atomic E-state index is 12.2. The Morgan fingerprint density at radius 3 is 1.81 bits per heavy atom. The summed E-state index contributed by atoms with van der Waals surface area (Å²) in [4.78, 5) is 24.0. The molecule has 1 unspecified atom stereocenters. The summed E-state index contributed by atoms with van der Waals surface area (Å²) in [6.07, 6.45) is 18.2. The minimum absolute atomic E-state index is 0.0339. The van der Waals surface area contributed by atoms with Crippen LogP contribution in [-0.4, -0.2) is 38.4 Å². The van der Waals surface area contributed by atoms with E-state index in [1.165, 1.54) is 57.8 Å². The van der Waals surface area contributed by atoms with Gasteiger partial charge in [0, 0.05) is 26.6 Å². The highest BCUT2D eigenvalue weighted by Gasteiger charge is 2.15. The summed E-state index contributed by atoms with van der Waals surface area (Å²) in [6.45, 7) is 5.61. The van der Waals surface area contributed by atoms with Gasteiger partial charge in [-0.3, -0.25) is 9.59 Å². The van der Waals surface area contributed by atoms with Gasteiger partial charge in [-0.05, 0) is 38.5 Å². The number of hydrogen-bond acceptors (Lipinski definition) is 5. The largest absolute Gasteiger partial charge is 0.466 e. The second-order valence-corrected chi connectivity index (χ2v) is 8.65. The van der Waals surface area contributed by atoms with E-state index in [1.54, 1.807) is 7.11 Å². The van der Waals surface area contributed by atoms with Crippen molar-refractivity contribution >= 4 is 11.9 Å². The maximum Gasteiger partial charge on any atom is 0.306 e. The van der Waals surface area contributed by atoms with Crippen LogP contribution in [0, 0.1) is 0 Å². The lowest BCUT2D eigenvalue weighted by Crippen LogP contribution is -2.19. The standard InChI is InChI=1S/C26H50O5/c1-4-6-8-10-11-12-13-15-23-30-25(27)20-16-21-26(28)31-24(19-17-22-29-3)18-14-9-7-5-2/h24H,4-23H2,1-3H3. The molecule has 0 saturated carbocycles. The summed E-state index contributed by atoms with van der Waals surface area (Å²) in [5.41, 5.74) is 0. The number of unbranched alkanes of at least 4 members (excludes halogenated alkanes) is 10. The van der Waals surface area contributed by atoms with E-state index in [0.717, 1.165) is 38.5 Å². The number of esters is 2. The van der Waals surface area contributed by atoms with Crippen LogP contribution in [-0.2, 0) is 23.8 Å². The summed E-state index contributed by atoms with van der Waals surface area (Å²) in [5, 5.41) is 0. The molecule has 0 amide bonds. The molecule has 0 saturated heterocycles. The second-order valence-electron chi connectivity index (χ2n) is 8.65. The summed E-state index contributed by atoms with van der Waals surface area (Å²) in [7, 11) is 1.69. The summed E-state index contributed by atoms with van der Waals surface area (Å²) in [6, 6.07) is 0. The zero-order chi connectivity index (χ0) is 23.0. The maximum absolute atomic E-state index is 12.2. The fourth-order valence-corrected chi connectivity index (χ4v) is 3.63. The molecule has 0 aliphatic carbocycles. The molecule has 0 spiro atoms. The van der Waals surface area contributed by atoms with E-state index in [1.807, 2.05) is 0 Å². The van der Waals surface area contributed by atoms with E-state index < -0.39 is 0 Å². The van der Waals surface area contributed by atoms with Crippen LogP contribution in [0.25, 0.3) is 0 Å². The average molecular weight is 443 g/mol. The Morgan fingerprint density at radius 1 is 0.613 bits per heavy atom. The van der Waals surface area contributed by atoms with Gasteiger partial charge in [0.1, 0.15) is 6.10 Å². The lowest BCUT2D eigenvalue weighted by molar-refractivity contribution is -0.150. The highest BCUT2D eigenvalue weighted by atomic mass is 16.5. The van der Waals surface area contributed by atoms with E-state index >= 15 is 0 Å². The molecule has 31 heavy (non-hydrogen) atoms. The van der Waals surface area contributed by atoms with E-state index in [9.17, 15) is 9.59 Å². The molecule has 0 bridgehead atoms. The number of carbonyl (C=O) groups is 2. The van der Waals surface area contributed by atoms with Crippen molar-refractivity contribution in [2.24, 2.45) is 0 Å². The van der Waals surface area contributed by atoms with Crippen LogP contribution in [0.3, 0.4) is 0 Å². The summed E-state index contributed by atoms with van der Waals surface area (Å²) in [5.74, 6) is -0.402. The van der Waals surface area contributed by atoms with Gasteiger partial charge in [0.25, 0.3) is 0 Å². The lowest BCUT2D eigenvalue weighted by Gasteiger charge is -2.18. The van der Waals surface area contributed by atoms with Gasteiger partial charge < -0.3 is 14.2 Å². The molecule has 0 aromatic heterocycles. The van der Waals surface area contributed by atoms with E-state index in [2.05, 4.69) is 13.8 Å². The molecule has 184 valence electrons. The van der Waals surface area contributed by atoms with Crippen LogP contribution in [0.4, 0.5) is 0 Å². The lowest BCUT2D eigenvalue weighted by atomic mass is 10.1. The van der Waals surface area contributed by atoms with Crippen molar-refractivity contribution in [3.05, 3.63) is 0 Å². The van der Waals surface area contributed by atoms with Crippen molar-refractivity contribution in [2.45, 2.75) is 136 Å². The predicted molar refractivity (Wildman–Crippen MR) is 127 cm³/mol. The van der Waals surface area contributed by atoms with Crippen molar-refractivity contribution in [3.63, 3.8) is 0 Å². The molecule has 0 aromatic rings. The van der Waals surface area contributed by atoms with Crippen molar-refractivity contribution in [1.82, 2.24) is 0 Å². The Kier molecular flexibility index (Phi) is 22.7. The summed E-state index contributed by atoms with van der Waals surface area (Å²) < 4.78 is 16.1. The molecule has 0 rings (SSSR count). The van der Waals surface area contributed by atoms with Crippen LogP contribution in [0.5, 0.6) is 0 Å². The first-order valence-corrected chi connectivity index (χ1v) is 13.0. The Balaban J connectivity index is 3.80. The van der Waals surface area contributed by atoms with Gasteiger partial charge in [-0.25, -0.2) is 0 Å². The van der Waals surface area contributed by atoms with Crippen LogP contribution >= 0.6 is 0 Å². The van der Waals surface area contributed by atoms with Crippen LogP contribution in [0.15, 0.2) is 0 Å². The zero-order valence-electron chi connectivity index (χ0n) is 20.8. The van der Waals surface area contributed by atoms with Crippen molar-refractivity contribution in [2.75, 3.05) is 20.3 Å². The zero-order valence-corrected chi connectivity index (χ0v) is 20.8. The minimum Gasteiger partial charge on any atom is -0.466 e. The fraction of sp³-hybridized carbons (Fsp3) is 0.923. The number of hydrogen-bond donors (Lipinski definition) is 0. The monoisotopic (exact) mass is 442 g/mol. The topological polar surface area (TPSA) is 61.8 Å². The van der Waals surface area contributed by atoms with E-state index in [-0.39, 0.29) is 30.9 Å². The molecular formula is C26H50O5. The molecule has 0 aromatic carbocycles. The molecule has 0 aliphatic rings. The Bertz CT molecular complexity index is 411. The SMILES string of the molecule is CCCCCCCCCCOC(=O)CCCC(=O)OC(CCCCCC)CCCOC. The van der Waals surface area contributed by atoms with Crippen LogP contribution < -0.4 is 0 Å². The smallest absolute Gasteiger partial charge is 0.306 e. The second kappa shape index (κ2) is 23.6. The molecule has 0 radical (unpaired) electrons. The molecule has 1 atom stereocenters. The highest BCUT2D eigenvalue weighted by molar-refractivity contribution is 5.72. The van der Waals surface area contributed by atoms with Gasteiger partial charge in [0.15, 0.2) is 0 Å². The van der Waals surface area contributed by atoms with E-state index in [4.69, 9.17) is 14.2 Å². The molecule has 0 aliphatic heterocycles. The Labute approximate surface area is 192 Å². The van der Waals surface area contributed by atoms with Gasteiger partial charge in [-0.15, -0.1) is 0 Å². The van der Waals surface area contributed by atoms with Gasteiger partial charge in [-0.1, -0.05) is 78.1 Å². The fourth-order valence-electron chi connectivity index (χ4n) is 3.63. The molecule has 5 heteroatoms. The van der Waals surface area contributed by atoms with Crippen molar-refractivity contribution in [3.8, 4) is 0 Å². The first-order valence-electron chi connectivity index (χ1n) is 13.0. The molecular weight excluding hydrogens is 392 g/mol. The van der Waals surface area contributed by atoms with Gasteiger partial charge in [0.2, 0.25) is 0 Å². The molecule has 0 N–H and O–H groups in total. The van der Waals surface area contributed by atoms with Crippen LogP contribution in [0.1, 0.15) is 129 Å². The molecule has 0 heterocycles. The third-order valence-corrected chi connectivity index (χ3v) is 5.58. The first kappa shape index (κ1) is 29.9.